The molecule has 10 heteroatoms. The smallest absolute Gasteiger partial charge is 0.379 e. The number of ether oxygens (including phenoxy) is 1. The summed E-state index contributed by atoms with van der Waals surface area (Å²) in [5, 5.41) is 5.34. The number of hydrogen-bond acceptors (Lipinski definition) is 6. The minimum atomic E-state index is -4.57. The Morgan fingerprint density at radius 2 is 1.89 bits per heavy atom. The first kappa shape index (κ1) is 20.0. The maximum atomic E-state index is 13.0. The van der Waals surface area contributed by atoms with Gasteiger partial charge in [-0.3, -0.25) is 9.69 Å². The summed E-state index contributed by atoms with van der Waals surface area (Å²) in [5.41, 5.74) is -1.32. The topological polar surface area (TPSA) is 79.4 Å². The average molecular weight is 395 g/mol. The standard InChI is InChI=1S/C18H20F3N5O2/c19-18(20,21)13-3-1-2-4-14(13)25-17(27)15-11-24-16(12-23-15)22-5-6-26-7-9-28-10-8-26/h1-4,11-12H,5-10H2,(H,22,24)(H,25,27). The van der Waals surface area contributed by atoms with Crippen LogP contribution in [0.2, 0.25) is 0 Å². The molecule has 1 aromatic carbocycles. The molecule has 1 amide bonds. The van der Waals surface area contributed by atoms with Crippen LogP contribution in [-0.2, 0) is 10.9 Å². The zero-order valence-electron chi connectivity index (χ0n) is 15.0. The fourth-order valence-electron chi connectivity index (χ4n) is 2.73. The number of para-hydroxylation sites is 1. The maximum absolute atomic E-state index is 13.0. The maximum Gasteiger partial charge on any atom is 0.418 e. The number of halogens is 3. The predicted molar refractivity (Wildman–Crippen MR) is 97.2 cm³/mol. The Morgan fingerprint density at radius 3 is 2.57 bits per heavy atom. The van der Waals surface area contributed by atoms with E-state index in [1.165, 1.54) is 30.6 Å². The number of benzene rings is 1. The molecule has 0 atom stereocenters. The molecule has 0 spiro atoms. The molecule has 150 valence electrons. The van der Waals surface area contributed by atoms with Gasteiger partial charge in [0.1, 0.15) is 11.5 Å². The summed E-state index contributed by atoms with van der Waals surface area (Å²) in [6.45, 7) is 4.68. The number of aromatic nitrogens is 2. The molecular formula is C18H20F3N5O2. The molecular weight excluding hydrogens is 375 g/mol. The molecule has 2 aromatic rings. The second-order valence-corrected chi connectivity index (χ2v) is 6.17. The number of alkyl halides is 3. The van der Waals surface area contributed by atoms with Crippen LogP contribution in [0.3, 0.4) is 0 Å². The second kappa shape index (κ2) is 8.98. The zero-order chi connectivity index (χ0) is 20.0. The zero-order valence-corrected chi connectivity index (χ0v) is 15.0. The van der Waals surface area contributed by atoms with Crippen molar-refractivity contribution in [1.29, 1.82) is 0 Å². The number of nitrogens with one attached hydrogen (secondary N) is 2. The predicted octanol–water partition coefficient (Wildman–Crippen LogP) is 2.49. The van der Waals surface area contributed by atoms with Gasteiger partial charge < -0.3 is 15.4 Å². The van der Waals surface area contributed by atoms with E-state index in [1.54, 1.807) is 0 Å². The Balaban J connectivity index is 1.55. The molecule has 1 fully saturated rings. The molecule has 7 nitrogen and oxygen atoms in total. The summed E-state index contributed by atoms with van der Waals surface area (Å²) in [6, 6.07) is 4.77. The molecule has 0 unspecified atom stereocenters. The Morgan fingerprint density at radius 1 is 1.14 bits per heavy atom. The van der Waals surface area contributed by atoms with Gasteiger partial charge in [0.05, 0.1) is 36.9 Å². The van der Waals surface area contributed by atoms with Crippen molar-refractivity contribution in [2.45, 2.75) is 6.18 Å². The molecule has 2 heterocycles. The third-order valence-corrected chi connectivity index (χ3v) is 4.20. The highest BCUT2D eigenvalue weighted by molar-refractivity contribution is 6.03. The molecule has 0 saturated carbocycles. The molecule has 0 aliphatic carbocycles. The number of nitrogens with zero attached hydrogens (tertiary/aromatic N) is 3. The quantitative estimate of drug-likeness (QED) is 0.783. The van der Waals surface area contributed by atoms with Gasteiger partial charge in [-0.1, -0.05) is 12.1 Å². The lowest BCUT2D eigenvalue weighted by Crippen LogP contribution is -2.39. The molecule has 1 aromatic heterocycles. The second-order valence-electron chi connectivity index (χ2n) is 6.17. The van der Waals surface area contributed by atoms with Crippen molar-refractivity contribution >= 4 is 17.4 Å². The number of hydrogen-bond donors (Lipinski definition) is 2. The van der Waals surface area contributed by atoms with E-state index in [1.807, 2.05) is 0 Å². The van der Waals surface area contributed by atoms with E-state index in [9.17, 15) is 18.0 Å². The number of anilines is 2. The summed E-state index contributed by atoms with van der Waals surface area (Å²) in [6.07, 6.45) is -1.96. The molecule has 0 bridgehead atoms. The fraction of sp³-hybridized carbons (Fsp3) is 0.389. The number of morpholine rings is 1. The fourth-order valence-corrected chi connectivity index (χ4v) is 2.73. The van der Waals surface area contributed by atoms with Gasteiger partial charge in [0.2, 0.25) is 0 Å². The van der Waals surface area contributed by atoms with Gasteiger partial charge in [0.25, 0.3) is 5.91 Å². The van der Waals surface area contributed by atoms with Crippen molar-refractivity contribution < 1.29 is 22.7 Å². The van der Waals surface area contributed by atoms with E-state index < -0.39 is 17.6 Å². The van der Waals surface area contributed by atoms with E-state index in [0.29, 0.717) is 12.4 Å². The van der Waals surface area contributed by atoms with E-state index >= 15 is 0 Å². The van der Waals surface area contributed by atoms with Crippen molar-refractivity contribution in [2.24, 2.45) is 0 Å². The Labute approximate surface area is 159 Å². The van der Waals surface area contributed by atoms with Gasteiger partial charge in [-0.25, -0.2) is 9.97 Å². The van der Waals surface area contributed by atoms with Gasteiger partial charge in [-0.05, 0) is 12.1 Å². The minimum Gasteiger partial charge on any atom is -0.379 e. The van der Waals surface area contributed by atoms with E-state index in [2.05, 4.69) is 25.5 Å². The lowest BCUT2D eigenvalue weighted by Gasteiger charge is -2.26. The summed E-state index contributed by atoms with van der Waals surface area (Å²) < 4.78 is 44.3. The van der Waals surface area contributed by atoms with E-state index in [4.69, 9.17) is 4.74 Å². The summed E-state index contributed by atoms with van der Waals surface area (Å²) in [5.74, 6) is -0.274. The van der Waals surface area contributed by atoms with Gasteiger partial charge in [0, 0.05) is 26.2 Å². The molecule has 1 saturated heterocycles. The number of rotatable bonds is 6. The van der Waals surface area contributed by atoms with Crippen molar-refractivity contribution in [2.75, 3.05) is 50.0 Å². The highest BCUT2D eigenvalue weighted by Gasteiger charge is 2.33. The monoisotopic (exact) mass is 395 g/mol. The molecule has 1 aliphatic heterocycles. The molecule has 0 radical (unpaired) electrons. The van der Waals surface area contributed by atoms with Gasteiger partial charge in [-0.2, -0.15) is 13.2 Å². The van der Waals surface area contributed by atoms with Crippen LogP contribution in [0, 0.1) is 0 Å². The van der Waals surface area contributed by atoms with Gasteiger partial charge >= 0.3 is 6.18 Å². The third kappa shape index (κ3) is 5.40. The van der Waals surface area contributed by atoms with Crippen molar-refractivity contribution in [3.8, 4) is 0 Å². The summed E-state index contributed by atoms with van der Waals surface area (Å²) in [7, 11) is 0. The van der Waals surface area contributed by atoms with Crippen molar-refractivity contribution in [3.05, 3.63) is 47.9 Å². The lowest BCUT2D eigenvalue weighted by molar-refractivity contribution is -0.136. The van der Waals surface area contributed by atoms with Crippen LogP contribution in [0.25, 0.3) is 0 Å². The van der Waals surface area contributed by atoms with Gasteiger partial charge in [-0.15, -0.1) is 0 Å². The van der Waals surface area contributed by atoms with E-state index in [0.717, 1.165) is 38.9 Å². The lowest BCUT2D eigenvalue weighted by atomic mass is 10.1. The van der Waals surface area contributed by atoms with Crippen molar-refractivity contribution in [3.63, 3.8) is 0 Å². The molecule has 1 aliphatic rings. The van der Waals surface area contributed by atoms with Crippen LogP contribution < -0.4 is 10.6 Å². The molecule has 2 N–H and O–H groups in total. The third-order valence-electron chi connectivity index (χ3n) is 4.20. The Hall–Kier alpha value is -2.72. The highest BCUT2D eigenvalue weighted by atomic mass is 19.4. The largest absolute Gasteiger partial charge is 0.418 e. The number of carbonyl (C=O) groups excluding carboxylic acids is 1. The Bertz CT molecular complexity index is 793. The van der Waals surface area contributed by atoms with Crippen LogP contribution in [0.15, 0.2) is 36.7 Å². The molecule has 28 heavy (non-hydrogen) atoms. The van der Waals surface area contributed by atoms with E-state index in [-0.39, 0.29) is 11.4 Å². The van der Waals surface area contributed by atoms with Crippen LogP contribution in [0.1, 0.15) is 16.1 Å². The summed E-state index contributed by atoms with van der Waals surface area (Å²) in [4.78, 5) is 22.5. The van der Waals surface area contributed by atoms with Crippen molar-refractivity contribution in [1.82, 2.24) is 14.9 Å². The Kier molecular flexibility index (Phi) is 6.42. The van der Waals surface area contributed by atoms with Crippen LogP contribution >= 0.6 is 0 Å². The van der Waals surface area contributed by atoms with Crippen LogP contribution in [-0.4, -0.2) is 60.2 Å². The van der Waals surface area contributed by atoms with Gasteiger partial charge in [0.15, 0.2) is 0 Å². The van der Waals surface area contributed by atoms with Crippen LogP contribution in [0.5, 0.6) is 0 Å². The minimum absolute atomic E-state index is 0.0734. The summed E-state index contributed by atoms with van der Waals surface area (Å²) >= 11 is 0. The first-order chi connectivity index (χ1) is 13.4. The SMILES string of the molecule is O=C(Nc1ccccc1C(F)(F)F)c1cnc(NCCN2CCOCC2)cn1. The number of carbonyl (C=O) groups is 1. The molecule has 3 rings (SSSR count). The number of amides is 1. The van der Waals surface area contributed by atoms with Crippen LogP contribution in [0.4, 0.5) is 24.7 Å². The first-order valence-electron chi connectivity index (χ1n) is 8.77. The first-order valence-corrected chi connectivity index (χ1v) is 8.77. The average Bonchev–Trinajstić information content (AvgIpc) is 2.69. The highest BCUT2D eigenvalue weighted by Crippen LogP contribution is 2.34. The normalized spacial score (nSPS) is 15.2.